The van der Waals surface area contributed by atoms with Crippen LogP contribution in [0, 0.1) is 18.8 Å². The van der Waals surface area contributed by atoms with Gasteiger partial charge in [0, 0.05) is 0 Å². The molecule has 1 heteroatoms. The molecule has 0 nitrogen and oxygen atoms in total. The monoisotopic (exact) mass is 289 g/mol. The third-order valence-corrected chi connectivity index (χ3v) is 7.79. The standard InChI is InChI=1S/C16H16Se/c1-10-4-2-7-13-12-6-3-5-11-8-9-14(12)16(11)17-15(10)13/h2-4,6-9,11-12,14,16H,5H2,1H3/i5D. The Morgan fingerprint density at radius 2 is 2.24 bits per heavy atom. The van der Waals surface area contributed by atoms with Gasteiger partial charge in [0.25, 0.3) is 0 Å². The third kappa shape index (κ3) is 1.36. The molecule has 0 N–H and O–H groups in total. The molecule has 0 radical (unpaired) electrons. The number of aryl methyl sites for hydroxylation is 1. The van der Waals surface area contributed by atoms with Crippen molar-refractivity contribution in [1.82, 2.24) is 0 Å². The van der Waals surface area contributed by atoms with Gasteiger partial charge in [-0.05, 0) is 0 Å². The molecular formula is C16H16Se. The van der Waals surface area contributed by atoms with E-state index in [1.165, 1.54) is 11.1 Å². The number of rotatable bonds is 0. The van der Waals surface area contributed by atoms with Crippen molar-refractivity contribution in [3.05, 3.63) is 53.6 Å². The van der Waals surface area contributed by atoms with Crippen LogP contribution in [-0.2, 0) is 0 Å². The van der Waals surface area contributed by atoms with Crippen LogP contribution in [0.3, 0.4) is 0 Å². The fourth-order valence-corrected chi connectivity index (χ4v) is 6.78. The van der Waals surface area contributed by atoms with Crippen molar-refractivity contribution in [3.8, 4) is 0 Å². The Kier molecular flexibility index (Phi) is 1.95. The van der Waals surface area contributed by atoms with E-state index in [-0.39, 0.29) is 6.40 Å². The van der Waals surface area contributed by atoms with E-state index in [0.717, 1.165) is 0 Å². The summed E-state index contributed by atoms with van der Waals surface area (Å²) in [4.78, 5) is 0.716. The SMILES string of the molecule is [2H]C1C=CC2c3cccc(C)c3[Se]C3C1C=CC23. The average molecular weight is 288 g/mol. The Hall–Kier alpha value is -0.781. The van der Waals surface area contributed by atoms with E-state index < -0.39 is 0 Å². The second-order valence-electron chi connectivity index (χ2n) is 5.22. The van der Waals surface area contributed by atoms with E-state index in [9.17, 15) is 0 Å². The van der Waals surface area contributed by atoms with Gasteiger partial charge < -0.3 is 0 Å². The number of benzene rings is 1. The van der Waals surface area contributed by atoms with Gasteiger partial charge in [-0.3, -0.25) is 0 Å². The molecule has 0 aromatic heterocycles. The summed E-state index contributed by atoms with van der Waals surface area (Å²) in [7, 11) is 0. The number of fused-ring (bicyclic) bond motifs is 2. The Morgan fingerprint density at radius 1 is 1.29 bits per heavy atom. The van der Waals surface area contributed by atoms with E-state index in [2.05, 4.69) is 49.4 Å². The zero-order valence-electron chi connectivity index (χ0n) is 10.8. The first-order valence-corrected chi connectivity index (χ1v) is 8.15. The maximum atomic E-state index is 8.28. The molecular weight excluding hydrogens is 271 g/mol. The predicted molar refractivity (Wildman–Crippen MR) is 72.9 cm³/mol. The molecule has 1 aliphatic heterocycles. The summed E-state index contributed by atoms with van der Waals surface area (Å²) in [6.45, 7) is 2.25. The summed E-state index contributed by atoms with van der Waals surface area (Å²) in [6.07, 6.45) is 9.15. The van der Waals surface area contributed by atoms with Gasteiger partial charge in [0.1, 0.15) is 0 Å². The molecule has 86 valence electrons. The first-order chi connectivity index (χ1) is 8.75. The summed E-state index contributed by atoms with van der Waals surface area (Å²) in [5, 5.41) is 0. The topological polar surface area (TPSA) is 0 Å². The Morgan fingerprint density at radius 3 is 3.18 bits per heavy atom. The molecule has 2 aliphatic carbocycles. The van der Waals surface area contributed by atoms with Crippen LogP contribution in [-0.4, -0.2) is 15.0 Å². The molecule has 1 heterocycles. The van der Waals surface area contributed by atoms with Crippen molar-refractivity contribution >= 4 is 19.4 Å². The van der Waals surface area contributed by atoms with Crippen molar-refractivity contribution in [3.63, 3.8) is 0 Å². The first-order valence-electron chi connectivity index (χ1n) is 6.88. The molecule has 1 aromatic carbocycles. The Bertz CT molecular complexity index is 560. The molecule has 1 aromatic rings. The number of hydrogen-bond donors (Lipinski definition) is 0. The molecule has 0 saturated carbocycles. The molecule has 5 unspecified atom stereocenters. The zero-order chi connectivity index (χ0) is 12.3. The third-order valence-electron chi connectivity index (χ3n) is 4.24. The van der Waals surface area contributed by atoms with Crippen molar-refractivity contribution in [2.24, 2.45) is 11.8 Å². The second-order valence-corrected chi connectivity index (χ2v) is 7.71. The zero-order valence-corrected chi connectivity index (χ0v) is 11.5. The van der Waals surface area contributed by atoms with Crippen LogP contribution in [0.5, 0.6) is 0 Å². The predicted octanol–water partition coefficient (Wildman–Crippen LogP) is 2.97. The van der Waals surface area contributed by atoms with Gasteiger partial charge in [0.2, 0.25) is 0 Å². The number of allylic oxidation sites excluding steroid dienone is 4. The van der Waals surface area contributed by atoms with Crippen LogP contribution in [0.15, 0.2) is 42.5 Å². The molecule has 3 aliphatic rings. The Balaban J connectivity index is 1.92. The molecule has 4 bridgehead atoms. The van der Waals surface area contributed by atoms with Crippen LogP contribution in [0.1, 0.15) is 24.8 Å². The van der Waals surface area contributed by atoms with Crippen LogP contribution in [0.25, 0.3) is 0 Å². The van der Waals surface area contributed by atoms with E-state index in [1.54, 1.807) is 4.46 Å². The van der Waals surface area contributed by atoms with Crippen LogP contribution in [0.2, 0.25) is 4.82 Å². The van der Waals surface area contributed by atoms with Crippen molar-refractivity contribution in [2.45, 2.75) is 24.1 Å². The molecule has 0 amide bonds. The average Bonchev–Trinajstić information content (AvgIpc) is 2.74. The summed E-state index contributed by atoms with van der Waals surface area (Å²) in [5.74, 6) is 1.65. The van der Waals surface area contributed by atoms with Gasteiger partial charge in [0.05, 0.1) is 0 Å². The molecule has 0 spiro atoms. The molecule has 0 fully saturated rings. The van der Waals surface area contributed by atoms with E-state index in [0.29, 0.717) is 37.5 Å². The fourth-order valence-electron chi connectivity index (χ4n) is 3.37. The van der Waals surface area contributed by atoms with Crippen LogP contribution < -0.4 is 4.46 Å². The minimum atomic E-state index is -0.0299. The quantitative estimate of drug-likeness (QED) is 0.508. The maximum absolute atomic E-state index is 8.28. The molecule has 0 saturated heterocycles. The summed E-state index contributed by atoms with van der Waals surface area (Å²) < 4.78 is 9.89. The van der Waals surface area contributed by atoms with Gasteiger partial charge in [0.15, 0.2) is 0 Å². The van der Waals surface area contributed by atoms with Crippen molar-refractivity contribution in [2.75, 3.05) is 0 Å². The van der Waals surface area contributed by atoms with Crippen molar-refractivity contribution < 1.29 is 1.37 Å². The molecule has 17 heavy (non-hydrogen) atoms. The van der Waals surface area contributed by atoms with E-state index in [1.807, 2.05) is 0 Å². The van der Waals surface area contributed by atoms with Crippen molar-refractivity contribution in [1.29, 1.82) is 0 Å². The van der Waals surface area contributed by atoms with E-state index in [4.69, 9.17) is 1.37 Å². The van der Waals surface area contributed by atoms with Gasteiger partial charge in [-0.2, -0.15) is 0 Å². The minimum absolute atomic E-state index is 0.0299. The first kappa shape index (κ1) is 9.19. The van der Waals surface area contributed by atoms with Crippen LogP contribution in [0.4, 0.5) is 0 Å². The molecule has 5 atom stereocenters. The Labute approximate surface area is 110 Å². The van der Waals surface area contributed by atoms with Crippen LogP contribution >= 0.6 is 0 Å². The van der Waals surface area contributed by atoms with Gasteiger partial charge in [-0.15, -0.1) is 0 Å². The second kappa shape index (κ2) is 3.60. The van der Waals surface area contributed by atoms with Gasteiger partial charge in [-0.25, -0.2) is 0 Å². The summed E-state index contributed by atoms with van der Waals surface area (Å²) in [5.41, 5.74) is 2.99. The van der Waals surface area contributed by atoms with E-state index >= 15 is 0 Å². The summed E-state index contributed by atoms with van der Waals surface area (Å²) >= 11 is 0.529. The summed E-state index contributed by atoms with van der Waals surface area (Å²) in [6, 6.07) is 6.74. The number of hydrogen-bond acceptors (Lipinski definition) is 0. The van der Waals surface area contributed by atoms with Gasteiger partial charge in [-0.1, -0.05) is 0 Å². The molecule has 4 rings (SSSR count). The fraction of sp³-hybridized carbons (Fsp3) is 0.375. The van der Waals surface area contributed by atoms with Gasteiger partial charge >= 0.3 is 110 Å². The normalized spacial score (nSPS) is 41.9.